The first-order valence-corrected chi connectivity index (χ1v) is 20.1. The molecule has 0 radical (unpaired) electrons. The Morgan fingerprint density at radius 1 is 1.08 bits per heavy atom. The number of quaternary nitrogens is 1. The number of nitrogens with one attached hydrogen (secondary N) is 1. The van der Waals surface area contributed by atoms with Gasteiger partial charge in [0.1, 0.15) is 25.4 Å². The SMILES string of the molecule is CC[N+](CC)(CCOC(=O)C1CCC(C#N)(c2ccc(OC)c(OC3CCCC3)c2)CC1)Cc1ccc(C(O)CNC(C)(C)C)cc1OP(=O)([O-])O. The molecule has 12 nitrogen and oxygen atoms in total. The average Bonchev–Trinajstić information content (AvgIpc) is 3.63. The second-order valence-electron chi connectivity index (χ2n) is 15.5. The summed E-state index contributed by atoms with van der Waals surface area (Å²) in [5, 5.41) is 24.4. The number of carbonyl (C=O) groups is 1. The zero-order valence-corrected chi connectivity index (χ0v) is 32.6. The number of phosphoric acid groups is 1. The first-order chi connectivity index (χ1) is 24.5. The lowest BCUT2D eigenvalue weighted by Crippen LogP contribution is -2.49. The first-order valence-electron chi connectivity index (χ1n) is 18.6. The Labute approximate surface area is 309 Å². The number of aliphatic hydroxyl groups is 1. The van der Waals surface area contributed by atoms with Gasteiger partial charge in [-0.15, -0.1) is 0 Å². The van der Waals surface area contributed by atoms with Crippen LogP contribution in [-0.2, 0) is 26.1 Å². The van der Waals surface area contributed by atoms with E-state index in [-0.39, 0.29) is 42.4 Å². The van der Waals surface area contributed by atoms with Crippen molar-refractivity contribution in [2.24, 2.45) is 5.92 Å². The van der Waals surface area contributed by atoms with Crippen LogP contribution in [0.5, 0.6) is 17.2 Å². The number of aliphatic hydroxyl groups excluding tert-OH is 1. The van der Waals surface area contributed by atoms with E-state index in [0.29, 0.717) is 79.0 Å². The van der Waals surface area contributed by atoms with Crippen LogP contribution in [0, 0.1) is 17.2 Å². The van der Waals surface area contributed by atoms with Gasteiger partial charge in [-0.2, -0.15) is 5.26 Å². The molecule has 2 aliphatic rings. The molecule has 3 N–H and O–H groups in total. The van der Waals surface area contributed by atoms with E-state index in [9.17, 15) is 29.5 Å². The van der Waals surface area contributed by atoms with Crippen molar-refractivity contribution in [3.63, 3.8) is 0 Å². The Balaban J connectivity index is 1.39. The van der Waals surface area contributed by atoms with Crippen molar-refractivity contribution >= 4 is 13.8 Å². The highest BCUT2D eigenvalue weighted by atomic mass is 31.2. The molecule has 0 aliphatic heterocycles. The van der Waals surface area contributed by atoms with Crippen LogP contribution in [0.2, 0.25) is 0 Å². The van der Waals surface area contributed by atoms with Gasteiger partial charge >= 0.3 is 13.8 Å². The molecule has 0 spiro atoms. The van der Waals surface area contributed by atoms with E-state index in [4.69, 9.17) is 18.7 Å². The van der Waals surface area contributed by atoms with Gasteiger partial charge in [0.2, 0.25) is 0 Å². The van der Waals surface area contributed by atoms with Gasteiger partial charge in [0.05, 0.1) is 49.8 Å². The molecule has 0 heterocycles. The average molecular weight is 744 g/mol. The number of esters is 1. The fourth-order valence-corrected chi connectivity index (χ4v) is 7.78. The monoisotopic (exact) mass is 743 g/mol. The third kappa shape index (κ3) is 11.2. The molecule has 4 rings (SSSR count). The van der Waals surface area contributed by atoms with Crippen LogP contribution in [0.1, 0.15) is 109 Å². The normalized spacial score (nSPS) is 21.5. The molecular formula is C39H58N3O9P. The fourth-order valence-electron chi connectivity index (χ4n) is 7.36. The lowest BCUT2D eigenvalue weighted by molar-refractivity contribution is -0.937. The third-order valence-electron chi connectivity index (χ3n) is 10.9. The number of methoxy groups -OCH3 is 1. The van der Waals surface area contributed by atoms with Crippen LogP contribution in [0.15, 0.2) is 36.4 Å². The highest BCUT2D eigenvalue weighted by Gasteiger charge is 2.40. The number of hydrogen-bond acceptors (Lipinski definition) is 10. The number of rotatable bonds is 17. The summed E-state index contributed by atoms with van der Waals surface area (Å²) in [6.07, 6.45) is 5.63. The Bertz CT molecular complexity index is 1580. The molecule has 2 fully saturated rings. The molecule has 288 valence electrons. The van der Waals surface area contributed by atoms with Gasteiger partial charge in [0.15, 0.2) is 11.5 Å². The van der Waals surface area contributed by atoms with E-state index >= 15 is 0 Å². The molecule has 0 saturated heterocycles. The zero-order valence-electron chi connectivity index (χ0n) is 31.7. The van der Waals surface area contributed by atoms with E-state index in [1.54, 1.807) is 19.2 Å². The molecule has 2 unspecified atom stereocenters. The van der Waals surface area contributed by atoms with Gasteiger partial charge in [0.25, 0.3) is 0 Å². The van der Waals surface area contributed by atoms with Crippen LogP contribution >= 0.6 is 7.82 Å². The van der Waals surface area contributed by atoms with Gasteiger partial charge in [-0.3, -0.25) is 9.36 Å². The topological polar surface area (TPSA) is 170 Å². The Hall–Kier alpha value is -3.17. The summed E-state index contributed by atoms with van der Waals surface area (Å²) >= 11 is 0. The summed E-state index contributed by atoms with van der Waals surface area (Å²) in [4.78, 5) is 34.7. The third-order valence-corrected chi connectivity index (χ3v) is 11.3. The predicted molar refractivity (Wildman–Crippen MR) is 196 cm³/mol. The predicted octanol–water partition coefficient (Wildman–Crippen LogP) is 5.83. The number of hydrogen-bond donors (Lipinski definition) is 3. The maximum absolute atomic E-state index is 13.3. The Kier molecular flexibility index (Phi) is 14.2. The lowest BCUT2D eigenvalue weighted by Gasteiger charge is -2.38. The van der Waals surface area contributed by atoms with Crippen molar-refractivity contribution in [2.75, 3.05) is 39.9 Å². The Morgan fingerprint density at radius 2 is 1.75 bits per heavy atom. The number of phosphoric ester groups is 1. The molecule has 13 heteroatoms. The fraction of sp³-hybridized carbons (Fsp3) is 0.641. The maximum Gasteiger partial charge on any atom is 0.317 e. The number of nitrogens with zero attached hydrogens (tertiary/aromatic N) is 2. The summed E-state index contributed by atoms with van der Waals surface area (Å²) in [6.45, 7) is 12.5. The summed E-state index contributed by atoms with van der Waals surface area (Å²) in [5.41, 5.74) is 0.898. The minimum Gasteiger partial charge on any atom is -0.746 e. The van der Waals surface area contributed by atoms with Gasteiger partial charge in [-0.25, -0.2) is 0 Å². The number of nitriles is 1. The summed E-state index contributed by atoms with van der Waals surface area (Å²) in [7, 11) is -3.52. The summed E-state index contributed by atoms with van der Waals surface area (Å²) in [6, 6.07) is 13.2. The van der Waals surface area contributed by atoms with Crippen molar-refractivity contribution < 1.29 is 47.5 Å². The van der Waals surface area contributed by atoms with Crippen LogP contribution in [0.25, 0.3) is 0 Å². The van der Waals surface area contributed by atoms with E-state index in [2.05, 4.69) is 11.4 Å². The molecule has 0 amide bonds. The standard InChI is InChI=1S/C39H58N3O9P/c1-7-42(8-2,26-30-14-13-29(23-35(30)51-52(45,46)47)33(43)25-41-38(3,4)5)21-22-49-37(44)28-17-19-39(27-40,20-18-28)31-15-16-34(48-6)36(24-31)50-32-11-9-10-12-32/h13-16,23-24,28,32-33,41,43H,7-12,17-22,25-26H2,1-6H3,(H-,45,46,47). The molecule has 2 saturated carbocycles. The molecule has 0 bridgehead atoms. The summed E-state index contributed by atoms with van der Waals surface area (Å²) < 4.78 is 35.0. The van der Waals surface area contributed by atoms with Crippen LogP contribution in [0.4, 0.5) is 0 Å². The second kappa shape index (κ2) is 17.8. The second-order valence-corrected chi connectivity index (χ2v) is 16.6. The molecule has 2 aromatic carbocycles. The van der Waals surface area contributed by atoms with E-state index in [0.717, 1.165) is 31.2 Å². The van der Waals surface area contributed by atoms with E-state index in [1.165, 1.54) is 6.07 Å². The quantitative estimate of drug-likeness (QED) is 0.101. The van der Waals surface area contributed by atoms with Crippen molar-refractivity contribution in [1.29, 1.82) is 5.26 Å². The van der Waals surface area contributed by atoms with E-state index < -0.39 is 19.3 Å². The molecule has 0 aromatic heterocycles. The molecule has 2 atom stereocenters. The van der Waals surface area contributed by atoms with Gasteiger partial charge in [0, 0.05) is 17.6 Å². The number of β-amino-alcohol motifs (C(OH)–C–C–N with tert-alkyl or cyclic N) is 1. The van der Waals surface area contributed by atoms with Gasteiger partial charge < -0.3 is 43.4 Å². The number of carbonyl (C=O) groups excluding carboxylic acids is 1. The Morgan fingerprint density at radius 3 is 2.33 bits per heavy atom. The van der Waals surface area contributed by atoms with Crippen LogP contribution in [-0.4, -0.2) is 72.0 Å². The smallest absolute Gasteiger partial charge is 0.317 e. The summed E-state index contributed by atoms with van der Waals surface area (Å²) in [5.74, 6) is 0.664. The highest BCUT2D eigenvalue weighted by molar-refractivity contribution is 7.45. The number of likely N-dealkylation sites (N-methyl/N-ethyl adjacent to an activating group) is 1. The van der Waals surface area contributed by atoms with Crippen molar-refractivity contribution in [1.82, 2.24) is 5.32 Å². The minimum absolute atomic E-state index is 0.0493. The number of benzene rings is 2. The lowest BCUT2D eigenvalue weighted by atomic mass is 9.67. The molecule has 52 heavy (non-hydrogen) atoms. The zero-order chi connectivity index (χ0) is 38.2. The van der Waals surface area contributed by atoms with Gasteiger partial charge in [-0.05, 0) is 121 Å². The van der Waals surface area contributed by atoms with E-state index in [1.807, 2.05) is 52.8 Å². The number of ether oxygens (including phenoxy) is 3. The van der Waals surface area contributed by atoms with Gasteiger partial charge in [-0.1, -0.05) is 12.1 Å². The van der Waals surface area contributed by atoms with Crippen molar-refractivity contribution in [2.45, 2.75) is 116 Å². The van der Waals surface area contributed by atoms with Crippen LogP contribution < -0.4 is 24.2 Å². The molecule has 2 aliphatic carbocycles. The van der Waals surface area contributed by atoms with Crippen LogP contribution in [0.3, 0.4) is 0 Å². The maximum atomic E-state index is 13.3. The molecular weight excluding hydrogens is 685 g/mol. The minimum atomic E-state index is -5.14. The van der Waals surface area contributed by atoms with Crippen molar-refractivity contribution in [3.8, 4) is 23.3 Å². The largest absolute Gasteiger partial charge is 0.746 e. The first kappa shape index (κ1) is 41.6. The molecule has 2 aromatic rings. The highest BCUT2D eigenvalue weighted by Crippen LogP contribution is 2.45. The van der Waals surface area contributed by atoms with Crippen molar-refractivity contribution in [3.05, 3.63) is 53.1 Å².